The van der Waals surface area contributed by atoms with Gasteiger partial charge < -0.3 is 10.8 Å². The number of benzene rings is 1. The molecular formula is C13H16N3O4. The zero-order chi connectivity index (χ0) is 15.1. The van der Waals surface area contributed by atoms with Gasteiger partial charge in [0.15, 0.2) is 0 Å². The standard InChI is InChI=1S/C13H16N3O4/c1-8(6-11(14)18)7-12(19)15-16-13(20)9-2-4-10(17)5-3-9/h2-5,7-8,17H,6H2,1H3,(H2,14,18)(H,15,19)(H,16,20)/t8-/m1/s1. The molecule has 0 aromatic heterocycles. The molecule has 7 nitrogen and oxygen atoms in total. The number of phenols is 1. The molecule has 1 aromatic carbocycles. The number of aromatic hydroxyl groups is 1. The highest BCUT2D eigenvalue weighted by molar-refractivity contribution is 5.96. The molecule has 0 aliphatic rings. The molecule has 0 saturated heterocycles. The van der Waals surface area contributed by atoms with Gasteiger partial charge >= 0.3 is 0 Å². The average molecular weight is 278 g/mol. The Hall–Kier alpha value is -2.57. The van der Waals surface area contributed by atoms with E-state index in [0.717, 1.165) is 0 Å². The third-order valence-corrected chi connectivity index (χ3v) is 2.39. The molecule has 0 aliphatic heterocycles. The lowest BCUT2D eigenvalue weighted by molar-refractivity contribution is -0.120. The summed E-state index contributed by atoms with van der Waals surface area (Å²) in [5.74, 6) is -1.84. The van der Waals surface area contributed by atoms with Crippen molar-refractivity contribution in [2.45, 2.75) is 13.3 Å². The van der Waals surface area contributed by atoms with Gasteiger partial charge in [0.2, 0.25) is 11.8 Å². The van der Waals surface area contributed by atoms with Crippen LogP contribution in [0.3, 0.4) is 0 Å². The van der Waals surface area contributed by atoms with Gasteiger partial charge in [-0.1, -0.05) is 6.92 Å². The third-order valence-electron chi connectivity index (χ3n) is 2.39. The number of amides is 3. The number of rotatable bonds is 5. The van der Waals surface area contributed by atoms with Crippen LogP contribution in [0.5, 0.6) is 5.75 Å². The number of carbonyl (C=O) groups is 3. The molecule has 0 spiro atoms. The Balaban J connectivity index is 2.39. The van der Waals surface area contributed by atoms with Crippen LogP contribution in [-0.4, -0.2) is 22.8 Å². The van der Waals surface area contributed by atoms with Crippen LogP contribution in [-0.2, 0) is 9.59 Å². The molecule has 1 rings (SSSR count). The largest absolute Gasteiger partial charge is 0.508 e. The molecule has 1 aromatic rings. The van der Waals surface area contributed by atoms with Gasteiger partial charge in [-0.05, 0) is 30.2 Å². The van der Waals surface area contributed by atoms with Crippen LogP contribution >= 0.6 is 0 Å². The van der Waals surface area contributed by atoms with Crippen molar-refractivity contribution in [3.05, 3.63) is 36.2 Å². The zero-order valence-electron chi connectivity index (χ0n) is 10.9. The Morgan fingerprint density at radius 1 is 1.25 bits per heavy atom. The van der Waals surface area contributed by atoms with Crippen molar-refractivity contribution >= 4 is 17.7 Å². The van der Waals surface area contributed by atoms with Crippen molar-refractivity contribution in [1.29, 1.82) is 0 Å². The van der Waals surface area contributed by atoms with Crippen molar-refractivity contribution in [1.82, 2.24) is 10.9 Å². The molecule has 107 valence electrons. The highest BCUT2D eigenvalue weighted by Gasteiger charge is 2.13. The third kappa shape index (κ3) is 5.38. The Morgan fingerprint density at radius 3 is 2.40 bits per heavy atom. The second kappa shape index (κ2) is 7.13. The lowest BCUT2D eigenvalue weighted by Gasteiger charge is -2.10. The Labute approximate surface area is 116 Å². The topological polar surface area (TPSA) is 122 Å². The van der Waals surface area contributed by atoms with E-state index in [4.69, 9.17) is 10.8 Å². The quantitative estimate of drug-likeness (QED) is 0.560. The van der Waals surface area contributed by atoms with Crippen LogP contribution in [0.4, 0.5) is 0 Å². The smallest absolute Gasteiger partial charge is 0.269 e. The van der Waals surface area contributed by atoms with E-state index in [0.29, 0.717) is 0 Å². The fourth-order valence-electron chi connectivity index (χ4n) is 1.48. The van der Waals surface area contributed by atoms with Gasteiger partial charge in [0.25, 0.3) is 5.91 Å². The van der Waals surface area contributed by atoms with Gasteiger partial charge in [-0.25, -0.2) is 0 Å². The predicted octanol–water partition coefficient (Wildman–Crippen LogP) is -0.131. The van der Waals surface area contributed by atoms with E-state index in [1.165, 1.54) is 30.7 Å². The number of nitrogens with two attached hydrogens (primary N) is 1. The van der Waals surface area contributed by atoms with Gasteiger partial charge in [-0.2, -0.15) is 0 Å². The first-order chi connectivity index (χ1) is 9.38. The summed E-state index contributed by atoms with van der Waals surface area (Å²) in [7, 11) is 0. The minimum Gasteiger partial charge on any atom is -0.508 e. The maximum absolute atomic E-state index is 11.6. The summed E-state index contributed by atoms with van der Waals surface area (Å²) in [5, 5.41) is 9.08. The lowest BCUT2D eigenvalue weighted by atomic mass is 10.0. The van der Waals surface area contributed by atoms with E-state index in [2.05, 4.69) is 10.9 Å². The fraction of sp³-hybridized carbons (Fsp3) is 0.231. The van der Waals surface area contributed by atoms with E-state index in [-0.39, 0.29) is 23.7 Å². The molecule has 3 amide bonds. The average Bonchev–Trinajstić information content (AvgIpc) is 2.35. The first-order valence-corrected chi connectivity index (χ1v) is 5.91. The summed E-state index contributed by atoms with van der Waals surface area (Å²) in [6, 6.07) is 5.54. The number of primary amides is 1. The number of carbonyl (C=O) groups excluding carboxylic acids is 3. The molecule has 5 N–H and O–H groups in total. The number of hydrogen-bond acceptors (Lipinski definition) is 4. The number of hydrogen-bond donors (Lipinski definition) is 4. The van der Waals surface area contributed by atoms with Crippen molar-refractivity contribution in [2.24, 2.45) is 11.7 Å². The first-order valence-electron chi connectivity index (χ1n) is 5.91. The molecule has 20 heavy (non-hydrogen) atoms. The predicted molar refractivity (Wildman–Crippen MR) is 71.0 cm³/mol. The summed E-state index contributed by atoms with van der Waals surface area (Å²) in [6.45, 7) is 1.66. The second-order valence-corrected chi connectivity index (χ2v) is 4.30. The molecule has 0 aliphatic carbocycles. The highest BCUT2D eigenvalue weighted by Crippen LogP contribution is 2.09. The summed E-state index contributed by atoms with van der Waals surface area (Å²) in [4.78, 5) is 33.7. The first kappa shape index (κ1) is 15.5. The Bertz CT molecular complexity index is 499. The van der Waals surface area contributed by atoms with Crippen molar-refractivity contribution < 1.29 is 19.5 Å². The molecule has 1 radical (unpaired) electrons. The summed E-state index contributed by atoms with van der Waals surface area (Å²) < 4.78 is 0. The zero-order valence-corrected chi connectivity index (χ0v) is 10.9. The summed E-state index contributed by atoms with van der Waals surface area (Å²) in [5.41, 5.74) is 9.68. The molecule has 7 heteroatoms. The number of phenolic OH excluding ortho intramolecular Hbond substituents is 1. The minimum absolute atomic E-state index is 0.0409. The van der Waals surface area contributed by atoms with E-state index in [1.54, 1.807) is 6.92 Å². The minimum atomic E-state index is -0.536. The van der Waals surface area contributed by atoms with Crippen LogP contribution in [0.15, 0.2) is 24.3 Å². The van der Waals surface area contributed by atoms with Crippen LogP contribution < -0.4 is 16.6 Å². The van der Waals surface area contributed by atoms with Crippen LogP contribution in [0.2, 0.25) is 0 Å². The van der Waals surface area contributed by atoms with Crippen LogP contribution in [0.1, 0.15) is 23.7 Å². The SMILES string of the molecule is C[C@@H]([CH]C(=O)NNC(=O)c1ccc(O)cc1)CC(N)=O. The molecule has 1 atom stereocenters. The Kier molecular flexibility index (Phi) is 5.52. The summed E-state index contributed by atoms with van der Waals surface area (Å²) >= 11 is 0. The molecule has 0 fully saturated rings. The normalized spacial score (nSPS) is 11.4. The monoisotopic (exact) mass is 278 g/mol. The van der Waals surface area contributed by atoms with Gasteiger partial charge in [-0.3, -0.25) is 25.2 Å². The van der Waals surface area contributed by atoms with Gasteiger partial charge in [0, 0.05) is 12.0 Å². The lowest BCUT2D eigenvalue weighted by Crippen LogP contribution is -2.42. The van der Waals surface area contributed by atoms with Crippen molar-refractivity contribution in [2.75, 3.05) is 0 Å². The second-order valence-electron chi connectivity index (χ2n) is 4.30. The van der Waals surface area contributed by atoms with Crippen molar-refractivity contribution in [3.8, 4) is 5.75 Å². The number of nitrogens with one attached hydrogen (secondary N) is 2. The van der Waals surface area contributed by atoms with E-state index in [9.17, 15) is 14.4 Å². The fourth-order valence-corrected chi connectivity index (χ4v) is 1.48. The maximum Gasteiger partial charge on any atom is 0.269 e. The molecule has 0 saturated carbocycles. The van der Waals surface area contributed by atoms with E-state index in [1.807, 2.05) is 0 Å². The van der Waals surface area contributed by atoms with Gasteiger partial charge in [0.1, 0.15) is 5.75 Å². The van der Waals surface area contributed by atoms with Crippen LogP contribution in [0, 0.1) is 12.3 Å². The molecular weight excluding hydrogens is 262 g/mol. The maximum atomic E-state index is 11.6. The van der Waals surface area contributed by atoms with E-state index < -0.39 is 17.7 Å². The summed E-state index contributed by atoms with van der Waals surface area (Å²) in [6.07, 6.45) is 1.31. The van der Waals surface area contributed by atoms with Gasteiger partial charge in [-0.15, -0.1) is 0 Å². The van der Waals surface area contributed by atoms with Gasteiger partial charge in [0.05, 0.1) is 6.42 Å². The molecule has 0 heterocycles. The Morgan fingerprint density at radius 2 is 1.85 bits per heavy atom. The van der Waals surface area contributed by atoms with Crippen LogP contribution in [0.25, 0.3) is 0 Å². The van der Waals surface area contributed by atoms with E-state index >= 15 is 0 Å². The molecule has 0 unspecified atom stereocenters. The molecule has 0 bridgehead atoms. The number of hydrazine groups is 1. The highest BCUT2D eigenvalue weighted by atomic mass is 16.3. The van der Waals surface area contributed by atoms with Crippen molar-refractivity contribution in [3.63, 3.8) is 0 Å².